The molecular weight excluding hydrogens is 286 g/mol. The molecular formula is C19H27N3O. The second-order valence-electron chi connectivity index (χ2n) is 6.58. The third-order valence-corrected chi connectivity index (χ3v) is 4.66. The maximum atomic E-state index is 5.05. The van der Waals surface area contributed by atoms with Crippen molar-refractivity contribution in [2.45, 2.75) is 32.6 Å². The summed E-state index contributed by atoms with van der Waals surface area (Å²) in [5.74, 6) is 2.56. The van der Waals surface area contributed by atoms with Crippen molar-refractivity contribution in [3.05, 3.63) is 47.7 Å². The molecule has 0 aliphatic carbocycles. The van der Waals surface area contributed by atoms with Crippen LogP contribution in [0.25, 0.3) is 0 Å². The molecule has 4 nitrogen and oxygen atoms in total. The third kappa shape index (κ3) is 5.10. The molecule has 0 bridgehead atoms. The fourth-order valence-corrected chi connectivity index (χ4v) is 3.33. The molecule has 0 saturated carbocycles. The van der Waals surface area contributed by atoms with Crippen molar-refractivity contribution in [3.63, 3.8) is 0 Å². The summed E-state index contributed by atoms with van der Waals surface area (Å²) in [5, 5.41) is 7.27. The van der Waals surface area contributed by atoms with Crippen LogP contribution < -0.4 is 5.32 Å². The van der Waals surface area contributed by atoms with Crippen molar-refractivity contribution in [3.8, 4) is 0 Å². The molecule has 0 atom stereocenters. The van der Waals surface area contributed by atoms with Gasteiger partial charge in [0.2, 0.25) is 0 Å². The third-order valence-electron chi connectivity index (χ3n) is 4.66. The van der Waals surface area contributed by atoms with Crippen molar-refractivity contribution in [1.82, 2.24) is 10.1 Å². The van der Waals surface area contributed by atoms with E-state index in [1.165, 1.54) is 44.5 Å². The Hall–Kier alpha value is -1.81. The van der Waals surface area contributed by atoms with Crippen LogP contribution in [0, 0.1) is 12.8 Å². The van der Waals surface area contributed by atoms with Gasteiger partial charge in [-0.15, -0.1) is 0 Å². The van der Waals surface area contributed by atoms with E-state index in [2.05, 4.69) is 45.7 Å². The molecule has 1 aliphatic rings. The van der Waals surface area contributed by atoms with Crippen LogP contribution in [0.1, 0.15) is 30.6 Å². The van der Waals surface area contributed by atoms with Gasteiger partial charge in [-0.2, -0.15) is 0 Å². The number of likely N-dealkylation sites (tertiary alicyclic amines) is 1. The van der Waals surface area contributed by atoms with Crippen LogP contribution in [0.2, 0.25) is 0 Å². The molecule has 1 aromatic carbocycles. The van der Waals surface area contributed by atoms with Crippen molar-refractivity contribution in [2.24, 2.45) is 5.92 Å². The topological polar surface area (TPSA) is 41.3 Å². The SMILES string of the molecule is Cc1cc(NCCCN2CCC(Cc3ccccc3)CC2)no1. The van der Waals surface area contributed by atoms with Gasteiger partial charge in [-0.05, 0) is 63.7 Å². The Morgan fingerprint density at radius 1 is 1.22 bits per heavy atom. The standard InChI is InChI=1S/C19H27N3O/c1-16-14-19(21-23-16)20-10-5-11-22-12-8-18(9-13-22)15-17-6-3-2-4-7-17/h2-4,6-7,14,18H,5,8-13,15H2,1H3,(H,20,21). The number of aromatic nitrogens is 1. The van der Waals surface area contributed by atoms with Crippen LogP contribution in [-0.2, 0) is 6.42 Å². The van der Waals surface area contributed by atoms with E-state index in [1.54, 1.807) is 0 Å². The van der Waals surface area contributed by atoms with Gasteiger partial charge < -0.3 is 14.7 Å². The van der Waals surface area contributed by atoms with Crippen LogP contribution in [-0.4, -0.2) is 36.2 Å². The van der Waals surface area contributed by atoms with Gasteiger partial charge in [-0.3, -0.25) is 0 Å². The first-order valence-corrected chi connectivity index (χ1v) is 8.73. The molecule has 1 fully saturated rings. The predicted molar refractivity (Wildman–Crippen MR) is 93.7 cm³/mol. The average Bonchev–Trinajstić information content (AvgIpc) is 2.99. The molecule has 1 aliphatic heterocycles. The first-order chi connectivity index (χ1) is 11.3. The van der Waals surface area contributed by atoms with E-state index in [9.17, 15) is 0 Å². The zero-order valence-corrected chi connectivity index (χ0v) is 14.0. The van der Waals surface area contributed by atoms with E-state index >= 15 is 0 Å². The first kappa shape index (κ1) is 16.1. The second-order valence-corrected chi connectivity index (χ2v) is 6.58. The summed E-state index contributed by atoms with van der Waals surface area (Å²) < 4.78 is 5.05. The van der Waals surface area contributed by atoms with Gasteiger partial charge in [-0.1, -0.05) is 35.5 Å². The number of nitrogens with one attached hydrogen (secondary N) is 1. The molecule has 2 heterocycles. The zero-order chi connectivity index (χ0) is 15.9. The number of rotatable bonds is 7. The molecule has 3 rings (SSSR count). The number of nitrogens with zero attached hydrogens (tertiary/aromatic N) is 2. The average molecular weight is 313 g/mol. The lowest BCUT2D eigenvalue weighted by Gasteiger charge is -2.32. The second kappa shape index (κ2) is 8.16. The van der Waals surface area contributed by atoms with Crippen LogP contribution in [0.4, 0.5) is 5.82 Å². The highest BCUT2D eigenvalue weighted by molar-refractivity contribution is 5.33. The van der Waals surface area contributed by atoms with Crippen LogP contribution in [0.5, 0.6) is 0 Å². The lowest BCUT2D eigenvalue weighted by molar-refractivity contribution is 0.183. The Kier molecular flexibility index (Phi) is 5.70. The summed E-state index contributed by atoms with van der Waals surface area (Å²) in [6.45, 7) is 6.51. The van der Waals surface area contributed by atoms with E-state index < -0.39 is 0 Å². The van der Waals surface area contributed by atoms with E-state index in [0.29, 0.717) is 0 Å². The Labute approximate surface area is 138 Å². The molecule has 124 valence electrons. The van der Waals surface area contributed by atoms with Crippen LogP contribution >= 0.6 is 0 Å². The fraction of sp³-hybridized carbons (Fsp3) is 0.526. The molecule has 1 N–H and O–H groups in total. The van der Waals surface area contributed by atoms with Gasteiger partial charge in [-0.25, -0.2) is 0 Å². The predicted octanol–water partition coefficient (Wildman–Crippen LogP) is 3.74. The summed E-state index contributed by atoms with van der Waals surface area (Å²) in [6, 6.07) is 12.8. The zero-order valence-electron chi connectivity index (χ0n) is 14.0. The molecule has 1 aromatic heterocycles. The number of hydrogen-bond acceptors (Lipinski definition) is 4. The molecule has 0 radical (unpaired) electrons. The van der Waals surface area contributed by atoms with Gasteiger partial charge in [0.05, 0.1) is 0 Å². The molecule has 0 unspecified atom stereocenters. The van der Waals surface area contributed by atoms with E-state index in [0.717, 1.165) is 30.5 Å². The number of aryl methyl sites for hydroxylation is 1. The summed E-state index contributed by atoms with van der Waals surface area (Å²) in [5.41, 5.74) is 1.48. The Bertz CT molecular complexity index is 573. The molecule has 1 saturated heterocycles. The normalized spacial score (nSPS) is 16.6. The number of hydrogen-bond donors (Lipinski definition) is 1. The molecule has 4 heteroatoms. The maximum absolute atomic E-state index is 5.05. The van der Waals surface area contributed by atoms with Crippen LogP contribution in [0.15, 0.2) is 40.9 Å². The first-order valence-electron chi connectivity index (χ1n) is 8.73. The highest BCUT2D eigenvalue weighted by atomic mass is 16.5. The molecule has 23 heavy (non-hydrogen) atoms. The Balaban J connectivity index is 1.30. The largest absolute Gasteiger partial charge is 0.367 e. The Morgan fingerprint density at radius 2 is 2.00 bits per heavy atom. The minimum absolute atomic E-state index is 0.851. The fourth-order valence-electron chi connectivity index (χ4n) is 3.33. The van der Waals surface area contributed by atoms with E-state index in [-0.39, 0.29) is 0 Å². The minimum atomic E-state index is 0.851. The van der Waals surface area contributed by atoms with E-state index in [1.807, 2.05) is 13.0 Å². The summed E-state index contributed by atoms with van der Waals surface area (Å²) >= 11 is 0. The summed E-state index contributed by atoms with van der Waals surface area (Å²) in [7, 11) is 0. The van der Waals surface area contributed by atoms with Crippen molar-refractivity contribution in [1.29, 1.82) is 0 Å². The Morgan fingerprint density at radius 3 is 2.70 bits per heavy atom. The quantitative estimate of drug-likeness (QED) is 0.791. The summed E-state index contributed by atoms with van der Waals surface area (Å²) in [4.78, 5) is 2.59. The van der Waals surface area contributed by atoms with Gasteiger partial charge >= 0.3 is 0 Å². The highest BCUT2D eigenvalue weighted by Crippen LogP contribution is 2.21. The summed E-state index contributed by atoms with van der Waals surface area (Å²) in [6.07, 6.45) is 5.03. The number of anilines is 1. The lowest BCUT2D eigenvalue weighted by Crippen LogP contribution is -2.35. The van der Waals surface area contributed by atoms with Crippen LogP contribution in [0.3, 0.4) is 0 Å². The smallest absolute Gasteiger partial charge is 0.169 e. The number of benzene rings is 1. The molecule has 2 aromatic rings. The van der Waals surface area contributed by atoms with Crippen molar-refractivity contribution < 1.29 is 4.52 Å². The lowest BCUT2D eigenvalue weighted by atomic mass is 9.90. The maximum Gasteiger partial charge on any atom is 0.169 e. The minimum Gasteiger partial charge on any atom is -0.367 e. The molecule has 0 spiro atoms. The van der Waals surface area contributed by atoms with Gasteiger partial charge in [0, 0.05) is 12.6 Å². The molecule has 0 amide bonds. The van der Waals surface area contributed by atoms with Gasteiger partial charge in [0.1, 0.15) is 5.76 Å². The monoisotopic (exact) mass is 313 g/mol. The number of piperidine rings is 1. The van der Waals surface area contributed by atoms with E-state index in [4.69, 9.17) is 4.52 Å². The van der Waals surface area contributed by atoms with Crippen molar-refractivity contribution >= 4 is 5.82 Å². The van der Waals surface area contributed by atoms with Gasteiger partial charge in [0.15, 0.2) is 5.82 Å². The van der Waals surface area contributed by atoms with Gasteiger partial charge in [0.25, 0.3) is 0 Å². The van der Waals surface area contributed by atoms with Crippen molar-refractivity contribution in [2.75, 3.05) is 31.5 Å². The highest BCUT2D eigenvalue weighted by Gasteiger charge is 2.18.